The molecular formula is C13H16N2O6. The molecule has 0 bridgehead atoms. The van der Waals surface area contributed by atoms with Crippen LogP contribution in [-0.2, 0) is 4.79 Å². The molecule has 0 unspecified atom stereocenters. The molecule has 0 spiro atoms. The van der Waals surface area contributed by atoms with Crippen molar-refractivity contribution in [2.75, 3.05) is 6.61 Å². The van der Waals surface area contributed by atoms with Crippen LogP contribution in [0.15, 0.2) is 18.2 Å². The predicted octanol–water partition coefficient (Wildman–Crippen LogP) is 1.59. The summed E-state index contributed by atoms with van der Waals surface area (Å²) < 4.78 is 5.18. The minimum absolute atomic E-state index is 0.0119. The number of nitro groups is 1. The quantitative estimate of drug-likeness (QED) is 0.582. The van der Waals surface area contributed by atoms with Gasteiger partial charge in [0.2, 0.25) is 5.91 Å². The average molecular weight is 296 g/mol. The van der Waals surface area contributed by atoms with Crippen LogP contribution in [0.1, 0.15) is 30.6 Å². The fourth-order valence-corrected chi connectivity index (χ4v) is 1.56. The molecule has 1 aromatic carbocycles. The van der Waals surface area contributed by atoms with Crippen LogP contribution in [0.3, 0.4) is 0 Å². The first kappa shape index (κ1) is 16.4. The molecule has 21 heavy (non-hydrogen) atoms. The molecule has 0 saturated heterocycles. The molecule has 114 valence electrons. The summed E-state index contributed by atoms with van der Waals surface area (Å²) in [5.41, 5.74) is -0.466. The van der Waals surface area contributed by atoms with Crippen molar-refractivity contribution in [1.82, 2.24) is 5.32 Å². The molecule has 1 amide bonds. The molecule has 0 aliphatic rings. The zero-order chi connectivity index (χ0) is 16.0. The van der Waals surface area contributed by atoms with E-state index in [0.717, 1.165) is 18.2 Å². The van der Waals surface area contributed by atoms with Crippen molar-refractivity contribution >= 4 is 17.6 Å². The highest BCUT2D eigenvalue weighted by Gasteiger charge is 2.18. The van der Waals surface area contributed by atoms with Gasteiger partial charge in [-0.25, -0.2) is 4.79 Å². The summed E-state index contributed by atoms with van der Waals surface area (Å²) in [7, 11) is 0. The number of amides is 1. The largest absolute Gasteiger partial charge is 0.486 e. The van der Waals surface area contributed by atoms with Gasteiger partial charge in [0.15, 0.2) is 5.75 Å². The van der Waals surface area contributed by atoms with Crippen molar-refractivity contribution in [2.24, 2.45) is 0 Å². The molecule has 0 radical (unpaired) electrons. The number of carboxylic acids is 1. The first-order chi connectivity index (χ1) is 9.81. The first-order valence-corrected chi connectivity index (χ1v) is 6.25. The van der Waals surface area contributed by atoms with Crippen molar-refractivity contribution in [2.45, 2.75) is 26.3 Å². The van der Waals surface area contributed by atoms with Crippen LogP contribution < -0.4 is 10.1 Å². The maximum atomic E-state index is 11.4. The van der Waals surface area contributed by atoms with E-state index in [4.69, 9.17) is 9.84 Å². The van der Waals surface area contributed by atoms with Crippen LogP contribution in [0.25, 0.3) is 0 Å². The van der Waals surface area contributed by atoms with Crippen molar-refractivity contribution in [3.63, 3.8) is 0 Å². The van der Waals surface area contributed by atoms with E-state index in [9.17, 15) is 19.7 Å². The molecule has 0 heterocycles. The maximum Gasteiger partial charge on any atom is 0.335 e. The number of aromatic carboxylic acids is 1. The highest BCUT2D eigenvalue weighted by Crippen LogP contribution is 2.28. The first-order valence-electron chi connectivity index (χ1n) is 6.25. The van der Waals surface area contributed by atoms with Crippen LogP contribution in [0.5, 0.6) is 5.75 Å². The Morgan fingerprint density at radius 2 is 2.10 bits per heavy atom. The van der Waals surface area contributed by atoms with Crippen LogP contribution in [-0.4, -0.2) is 34.6 Å². The van der Waals surface area contributed by atoms with E-state index in [1.54, 1.807) is 13.8 Å². The van der Waals surface area contributed by atoms with Gasteiger partial charge >= 0.3 is 11.7 Å². The van der Waals surface area contributed by atoms with Gasteiger partial charge in [0.1, 0.15) is 0 Å². The molecular weight excluding hydrogens is 280 g/mol. The Kier molecular flexibility index (Phi) is 5.65. The lowest BCUT2D eigenvalue weighted by atomic mass is 10.2. The second-order valence-electron chi connectivity index (χ2n) is 4.57. The molecule has 2 N–H and O–H groups in total. The van der Waals surface area contributed by atoms with Gasteiger partial charge in [-0.15, -0.1) is 0 Å². The molecule has 8 heteroatoms. The Morgan fingerprint density at radius 1 is 1.43 bits per heavy atom. The number of hydrogen-bond acceptors (Lipinski definition) is 5. The maximum absolute atomic E-state index is 11.4. The molecule has 0 aliphatic heterocycles. The van der Waals surface area contributed by atoms with Gasteiger partial charge in [0, 0.05) is 18.2 Å². The second kappa shape index (κ2) is 7.22. The fraction of sp³-hybridized carbons (Fsp3) is 0.385. The Morgan fingerprint density at radius 3 is 2.62 bits per heavy atom. The standard InChI is InChI=1S/C13H16N2O6/c1-8(2)14-12(16)5-6-21-11-7-9(13(17)18)3-4-10(11)15(19)20/h3-4,7-8H,5-6H2,1-2H3,(H,14,16)(H,17,18). The third-order valence-corrected chi connectivity index (χ3v) is 2.44. The van der Waals surface area contributed by atoms with E-state index >= 15 is 0 Å². The number of carboxylic acid groups (broad SMARTS) is 1. The van der Waals surface area contributed by atoms with Crippen molar-refractivity contribution in [3.05, 3.63) is 33.9 Å². The van der Waals surface area contributed by atoms with E-state index in [1.807, 2.05) is 0 Å². The van der Waals surface area contributed by atoms with E-state index in [-0.39, 0.29) is 42.0 Å². The van der Waals surface area contributed by atoms with E-state index in [0.29, 0.717) is 0 Å². The summed E-state index contributed by atoms with van der Waals surface area (Å²) in [4.78, 5) is 32.4. The lowest BCUT2D eigenvalue weighted by Crippen LogP contribution is -2.31. The summed E-state index contributed by atoms with van der Waals surface area (Å²) in [5.74, 6) is -1.63. The highest BCUT2D eigenvalue weighted by atomic mass is 16.6. The number of carbonyl (C=O) groups excluding carboxylic acids is 1. The number of nitrogens with one attached hydrogen (secondary N) is 1. The lowest BCUT2D eigenvalue weighted by Gasteiger charge is -2.10. The minimum atomic E-state index is -1.22. The average Bonchev–Trinajstić information content (AvgIpc) is 2.37. The molecule has 1 rings (SSSR count). The molecule has 0 fully saturated rings. The summed E-state index contributed by atoms with van der Waals surface area (Å²) in [6, 6.07) is 3.24. The topological polar surface area (TPSA) is 119 Å². The smallest absolute Gasteiger partial charge is 0.335 e. The lowest BCUT2D eigenvalue weighted by molar-refractivity contribution is -0.385. The number of ether oxygens (including phenoxy) is 1. The highest BCUT2D eigenvalue weighted by molar-refractivity contribution is 5.88. The van der Waals surface area contributed by atoms with Gasteiger partial charge in [0.25, 0.3) is 0 Å². The second-order valence-corrected chi connectivity index (χ2v) is 4.57. The number of rotatable bonds is 7. The predicted molar refractivity (Wildman–Crippen MR) is 73.4 cm³/mol. The summed E-state index contributed by atoms with van der Waals surface area (Å²) in [6.07, 6.45) is 0.0205. The zero-order valence-electron chi connectivity index (χ0n) is 11.7. The third kappa shape index (κ3) is 5.09. The van der Waals surface area contributed by atoms with Crippen LogP contribution in [0, 0.1) is 10.1 Å². The Bertz CT molecular complexity index is 556. The summed E-state index contributed by atoms with van der Waals surface area (Å²) >= 11 is 0. The van der Waals surface area contributed by atoms with Crippen LogP contribution >= 0.6 is 0 Å². The van der Waals surface area contributed by atoms with Crippen molar-refractivity contribution in [3.8, 4) is 5.75 Å². The van der Waals surface area contributed by atoms with Gasteiger partial charge in [-0.1, -0.05) is 0 Å². The number of benzene rings is 1. The van der Waals surface area contributed by atoms with Gasteiger partial charge in [0.05, 0.1) is 23.5 Å². The van der Waals surface area contributed by atoms with Crippen LogP contribution in [0.2, 0.25) is 0 Å². The number of nitro benzene ring substituents is 1. The number of hydrogen-bond donors (Lipinski definition) is 2. The minimum Gasteiger partial charge on any atom is -0.486 e. The fourth-order valence-electron chi connectivity index (χ4n) is 1.56. The van der Waals surface area contributed by atoms with Gasteiger partial charge < -0.3 is 15.2 Å². The van der Waals surface area contributed by atoms with Gasteiger partial charge in [-0.2, -0.15) is 0 Å². The Labute approximate surface area is 120 Å². The van der Waals surface area contributed by atoms with E-state index < -0.39 is 10.9 Å². The van der Waals surface area contributed by atoms with Crippen molar-refractivity contribution < 1.29 is 24.4 Å². The molecule has 1 aromatic rings. The molecule has 0 aromatic heterocycles. The third-order valence-electron chi connectivity index (χ3n) is 2.44. The van der Waals surface area contributed by atoms with Crippen LogP contribution in [0.4, 0.5) is 5.69 Å². The van der Waals surface area contributed by atoms with E-state index in [1.165, 1.54) is 0 Å². The van der Waals surface area contributed by atoms with Gasteiger partial charge in [-0.05, 0) is 19.9 Å². The van der Waals surface area contributed by atoms with Gasteiger partial charge in [-0.3, -0.25) is 14.9 Å². The van der Waals surface area contributed by atoms with Crippen molar-refractivity contribution in [1.29, 1.82) is 0 Å². The molecule has 0 aliphatic carbocycles. The molecule has 0 atom stereocenters. The molecule has 0 saturated carbocycles. The molecule has 8 nitrogen and oxygen atoms in total. The number of carbonyl (C=O) groups is 2. The monoisotopic (exact) mass is 296 g/mol. The Hall–Kier alpha value is -2.64. The summed E-state index contributed by atoms with van der Waals surface area (Å²) in [5, 5.41) is 22.4. The normalized spacial score (nSPS) is 10.2. The van der Waals surface area contributed by atoms with E-state index in [2.05, 4.69) is 5.32 Å². The zero-order valence-corrected chi connectivity index (χ0v) is 11.7. The Balaban J connectivity index is 2.76. The SMILES string of the molecule is CC(C)NC(=O)CCOc1cc(C(=O)O)ccc1[N+](=O)[O-]. The number of nitrogens with zero attached hydrogens (tertiary/aromatic N) is 1. The summed E-state index contributed by atoms with van der Waals surface area (Å²) in [6.45, 7) is 3.53.